The van der Waals surface area contributed by atoms with Crippen LogP contribution in [0.2, 0.25) is 0 Å². The van der Waals surface area contributed by atoms with Gasteiger partial charge in [0.1, 0.15) is 5.56 Å². The number of hydrogen-bond acceptors (Lipinski definition) is 6. The Bertz CT molecular complexity index is 962. The Morgan fingerprint density at radius 3 is 2.75 bits per heavy atom. The van der Waals surface area contributed by atoms with E-state index in [4.69, 9.17) is 0 Å². The van der Waals surface area contributed by atoms with Gasteiger partial charge in [-0.05, 0) is 37.3 Å². The zero-order chi connectivity index (χ0) is 19.7. The summed E-state index contributed by atoms with van der Waals surface area (Å²) in [6.45, 7) is 4.29. The number of aromatic amines is 1. The van der Waals surface area contributed by atoms with E-state index in [-0.39, 0.29) is 22.9 Å². The highest BCUT2D eigenvalue weighted by atomic mass is 32.2. The maximum Gasteiger partial charge on any atom is 0.261 e. The van der Waals surface area contributed by atoms with Crippen molar-refractivity contribution < 1.29 is 9.59 Å². The summed E-state index contributed by atoms with van der Waals surface area (Å²) < 4.78 is 0.895. The fourth-order valence-electron chi connectivity index (χ4n) is 3.70. The Balaban J connectivity index is 1.48. The molecule has 0 saturated carbocycles. The lowest BCUT2D eigenvalue weighted by atomic mass is 9.96. The summed E-state index contributed by atoms with van der Waals surface area (Å²) in [4.78, 5) is 48.4. The minimum absolute atomic E-state index is 0.0436. The van der Waals surface area contributed by atoms with Crippen LogP contribution < -0.4 is 5.56 Å². The number of likely N-dealkylation sites (tertiary alicyclic amines) is 1. The van der Waals surface area contributed by atoms with Crippen molar-refractivity contribution >= 4 is 34.9 Å². The van der Waals surface area contributed by atoms with Gasteiger partial charge >= 0.3 is 0 Å². The number of rotatable bonds is 4. The Morgan fingerprint density at radius 2 is 2.04 bits per heavy atom. The largest absolute Gasteiger partial charge is 0.338 e. The fourth-order valence-corrected chi connectivity index (χ4v) is 5.45. The molecule has 0 unspecified atom stereocenters. The topological polar surface area (TPSA) is 86.4 Å². The smallest absolute Gasteiger partial charge is 0.261 e. The normalized spacial score (nSPS) is 16.3. The van der Waals surface area contributed by atoms with Crippen LogP contribution in [0.25, 0.3) is 0 Å². The minimum Gasteiger partial charge on any atom is -0.338 e. The summed E-state index contributed by atoms with van der Waals surface area (Å²) in [6, 6.07) is 0. The van der Waals surface area contributed by atoms with Crippen molar-refractivity contribution in [3.8, 4) is 0 Å². The van der Waals surface area contributed by atoms with Gasteiger partial charge in [-0.1, -0.05) is 11.8 Å². The number of H-pyrrole nitrogens is 1. The van der Waals surface area contributed by atoms with Crippen LogP contribution in [0.15, 0.2) is 20.7 Å². The molecule has 0 radical (unpaired) electrons. The molecule has 2 aliphatic heterocycles. The zero-order valence-electron chi connectivity index (χ0n) is 15.7. The summed E-state index contributed by atoms with van der Waals surface area (Å²) in [5.41, 5.74) is 2.56. The molecule has 2 aromatic heterocycles. The van der Waals surface area contributed by atoms with Crippen molar-refractivity contribution in [2.75, 3.05) is 25.4 Å². The van der Waals surface area contributed by atoms with Gasteiger partial charge in [0.2, 0.25) is 5.91 Å². The second kappa shape index (κ2) is 8.08. The first-order valence-electron chi connectivity index (χ1n) is 9.38. The lowest BCUT2D eigenvalue weighted by molar-refractivity contribution is -0.129. The molecule has 1 saturated heterocycles. The Kier molecular flexibility index (Phi) is 5.54. The minimum atomic E-state index is -0.329. The van der Waals surface area contributed by atoms with Crippen LogP contribution in [-0.4, -0.2) is 57.0 Å². The molecule has 0 aliphatic carbocycles. The predicted molar refractivity (Wildman–Crippen MR) is 109 cm³/mol. The van der Waals surface area contributed by atoms with Gasteiger partial charge in [-0.2, -0.15) is 0 Å². The molecule has 0 atom stereocenters. The van der Waals surface area contributed by atoms with Crippen LogP contribution >= 0.6 is 23.1 Å². The van der Waals surface area contributed by atoms with Crippen molar-refractivity contribution in [1.29, 1.82) is 0 Å². The van der Waals surface area contributed by atoms with Crippen LogP contribution in [0.4, 0.5) is 0 Å². The highest BCUT2D eigenvalue weighted by molar-refractivity contribution is 8.01. The molecule has 0 spiro atoms. The van der Waals surface area contributed by atoms with Crippen molar-refractivity contribution in [1.82, 2.24) is 19.8 Å². The Morgan fingerprint density at radius 1 is 1.25 bits per heavy atom. The molecule has 2 aliphatic rings. The van der Waals surface area contributed by atoms with E-state index in [9.17, 15) is 14.4 Å². The number of hydrogen-bond donors (Lipinski definition) is 1. The third-order valence-corrected chi connectivity index (χ3v) is 7.29. The predicted octanol–water partition coefficient (Wildman–Crippen LogP) is 2.05. The van der Waals surface area contributed by atoms with E-state index in [1.165, 1.54) is 11.8 Å². The van der Waals surface area contributed by atoms with Gasteiger partial charge in [-0.3, -0.25) is 14.4 Å². The number of nitrogens with one attached hydrogen (secondary N) is 1. The van der Waals surface area contributed by atoms with Crippen molar-refractivity contribution in [3.05, 3.63) is 44.3 Å². The van der Waals surface area contributed by atoms with Crippen molar-refractivity contribution in [2.24, 2.45) is 0 Å². The fraction of sp³-hybridized carbons (Fsp3) is 0.474. The number of aryl methyl sites for hydroxylation is 1. The molecule has 28 heavy (non-hydrogen) atoms. The van der Waals surface area contributed by atoms with E-state index in [2.05, 4.69) is 9.97 Å². The van der Waals surface area contributed by atoms with Crippen molar-refractivity contribution in [2.45, 2.75) is 37.1 Å². The third-order valence-electron chi connectivity index (χ3n) is 5.16. The number of carbonyl (C=O) groups is 2. The van der Waals surface area contributed by atoms with E-state index >= 15 is 0 Å². The van der Waals surface area contributed by atoms with Crippen LogP contribution in [0.3, 0.4) is 0 Å². The van der Waals surface area contributed by atoms with E-state index in [0.29, 0.717) is 38.4 Å². The van der Waals surface area contributed by atoms with Gasteiger partial charge in [0.05, 0.1) is 5.75 Å². The Labute approximate surface area is 171 Å². The number of amides is 2. The monoisotopic (exact) mass is 418 g/mol. The lowest BCUT2D eigenvalue weighted by Gasteiger charge is -2.30. The molecule has 2 aromatic rings. The van der Waals surface area contributed by atoms with E-state index < -0.39 is 0 Å². The average Bonchev–Trinajstić information content (AvgIpc) is 3.37. The SMILES string of the molecule is Cc1csc(SCC(=O)N2CCc3c(c[nH]c(=O)c3C(=O)N3CCCC3)C2)n1. The summed E-state index contributed by atoms with van der Waals surface area (Å²) in [5.74, 6) is 0.206. The first-order chi connectivity index (χ1) is 13.5. The molecule has 2 amide bonds. The molecule has 4 rings (SSSR count). The lowest BCUT2D eigenvalue weighted by Crippen LogP contribution is -2.40. The molecule has 4 heterocycles. The summed E-state index contributed by atoms with van der Waals surface area (Å²) >= 11 is 2.99. The first-order valence-corrected chi connectivity index (χ1v) is 11.2. The van der Waals surface area contributed by atoms with Gasteiger partial charge in [0.25, 0.3) is 11.5 Å². The zero-order valence-corrected chi connectivity index (χ0v) is 17.3. The molecular weight excluding hydrogens is 396 g/mol. The summed E-state index contributed by atoms with van der Waals surface area (Å²) in [7, 11) is 0. The van der Waals surface area contributed by atoms with E-state index in [1.807, 2.05) is 12.3 Å². The number of fused-ring (bicyclic) bond motifs is 1. The molecule has 7 nitrogen and oxygen atoms in total. The van der Waals surface area contributed by atoms with Crippen LogP contribution in [0, 0.1) is 6.92 Å². The van der Waals surface area contributed by atoms with Gasteiger partial charge in [0, 0.05) is 43.4 Å². The second-order valence-corrected chi connectivity index (χ2v) is 9.19. The number of aromatic nitrogens is 2. The highest BCUT2D eigenvalue weighted by Gasteiger charge is 2.29. The molecular formula is C19H22N4O3S2. The van der Waals surface area contributed by atoms with E-state index in [1.54, 1.807) is 27.3 Å². The number of nitrogens with zero attached hydrogens (tertiary/aromatic N) is 3. The molecule has 1 fully saturated rings. The number of carbonyl (C=O) groups excluding carboxylic acids is 2. The van der Waals surface area contributed by atoms with Gasteiger partial charge in [0.15, 0.2) is 4.34 Å². The molecule has 148 valence electrons. The highest BCUT2D eigenvalue weighted by Crippen LogP contribution is 2.25. The third kappa shape index (κ3) is 3.86. The number of thiazole rings is 1. The van der Waals surface area contributed by atoms with Crippen molar-refractivity contribution in [3.63, 3.8) is 0 Å². The summed E-state index contributed by atoms with van der Waals surface area (Å²) in [5, 5.41) is 1.97. The van der Waals surface area contributed by atoms with E-state index in [0.717, 1.165) is 34.0 Å². The standard InChI is InChI=1S/C19H22N4O3S2/c1-12-10-27-19(21-12)28-11-15(24)23-7-4-14-13(9-23)8-20-17(25)16(14)18(26)22-5-2-3-6-22/h8,10H,2-7,9,11H2,1H3,(H,20,25). The maximum absolute atomic E-state index is 12.8. The van der Waals surface area contributed by atoms with Gasteiger partial charge in [-0.25, -0.2) is 4.98 Å². The Hall–Kier alpha value is -2.13. The quantitative estimate of drug-likeness (QED) is 0.768. The number of thioether (sulfide) groups is 1. The average molecular weight is 419 g/mol. The molecule has 1 N–H and O–H groups in total. The second-order valence-electron chi connectivity index (χ2n) is 7.10. The van der Waals surface area contributed by atoms with Gasteiger partial charge < -0.3 is 14.8 Å². The van der Waals surface area contributed by atoms with Crippen LogP contribution in [0.5, 0.6) is 0 Å². The first kappa shape index (κ1) is 19.2. The molecule has 0 aromatic carbocycles. The van der Waals surface area contributed by atoms with Crippen LogP contribution in [-0.2, 0) is 17.8 Å². The van der Waals surface area contributed by atoms with Crippen LogP contribution in [0.1, 0.15) is 40.0 Å². The summed E-state index contributed by atoms with van der Waals surface area (Å²) in [6.07, 6.45) is 4.14. The molecule has 0 bridgehead atoms. The maximum atomic E-state index is 12.8. The number of pyridine rings is 1. The van der Waals surface area contributed by atoms with Gasteiger partial charge in [-0.15, -0.1) is 11.3 Å². The molecule has 9 heteroatoms.